The minimum atomic E-state index is 0.292. The van der Waals surface area contributed by atoms with Crippen LogP contribution < -0.4 is 10.1 Å². The van der Waals surface area contributed by atoms with Crippen LogP contribution in [0.15, 0.2) is 18.7 Å². The highest BCUT2D eigenvalue weighted by molar-refractivity contribution is 6.42. The number of methoxy groups -OCH3 is 2. The summed E-state index contributed by atoms with van der Waals surface area (Å²) in [5, 5.41) is 4.46. The fourth-order valence-corrected chi connectivity index (χ4v) is 4.37. The maximum Gasteiger partial charge on any atom is 0.162 e. The first-order valence-corrected chi connectivity index (χ1v) is 10.5. The van der Waals surface area contributed by atoms with Crippen molar-refractivity contribution in [3.8, 4) is 5.75 Å². The Morgan fingerprint density at radius 3 is 2.83 bits per heavy atom. The van der Waals surface area contributed by atoms with E-state index in [1.165, 1.54) is 6.33 Å². The van der Waals surface area contributed by atoms with Crippen molar-refractivity contribution in [1.82, 2.24) is 24.8 Å². The summed E-state index contributed by atoms with van der Waals surface area (Å²) in [6.07, 6.45) is 3.81. The molecule has 1 aliphatic rings. The topological polar surface area (TPSA) is 88.2 Å². The Morgan fingerprint density at radius 2 is 2.07 bits per heavy atom. The molecule has 1 aromatic carbocycles. The standard InChI is InChI=1S/C20H24Cl2N6O2/c1-29-6-5-28-8-13(9-28)15-16(22)14(21)7-12(18(15)30-2)3-4-23-19-17-20(25-10-24-17)27-11-26-19/h7,10-11,13H,3-6,8-9H2,1-2H3,(H2,23,24,25,26,27). The van der Waals surface area contributed by atoms with Gasteiger partial charge in [0, 0.05) is 44.8 Å². The summed E-state index contributed by atoms with van der Waals surface area (Å²) in [5.41, 5.74) is 3.42. The van der Waals surface area contributed by atoms with Crippen molar-refractivity contribution in [2.45, 2.75) is 12.3 Å². The number of likely N-dealkylation sites (tertiary alicyclic amines) is 1. The zero-order valence-corrected chi connectivity index (χ0v) is 18.4. The van der Waals surface area contributed by atoms with Gasteiger partial charge in [0.15, 0.2) is 11.5 Å². The molecule has 2 aromatic heterocycles. The van der Waals surface area contributed by atoms with E-state index < -0.39 is 0 Å². The van der Waals surface area contributed by atoms with Gasteiger partial charge >= 0.3 is 0 Å². The summed E-state index contributed by atoms with van der Waals surface area (Å²) >= 11 is 13.1. The fraction of sp³-hybridized carbons (Fsp3) is 0.450. The summed E-state index contributed by atoms with van der Waals surface area (Å²) in [5.74, 6) is 1.80. The summed E-state index contributed by atoms with van der Waals surface area (Å²) < 4.78 is 11.0. The number of nitrogens with zero attached hydrogens (tertiary/aromatic N) is 4. The lowest BCUT2D eigenvalue weighted by atomic mass is 9.88. The van der Waals surface area contributed by atoms with Gasteiger partial charge in [0.25, 0.3) is 0 Å². The largest absolute Gasteiger partial charge is 0.496 e. The van der Waals surface area contributed by atoms with Crippen LogP contribution in [-0.2, 0) is 11.2 Å². The average molecular weight is 451 g/mol. The first kappa shape index (κ1) is 21.1. The molecule has 0 saturated carbocycles. The van der Waals surface area contributed by atoms with Crippen LogP contribution in [0.3, 0.4) is 0 Å². The molecule has 0 spiro atoms. The van der Waals surface area contributed by atoms with E-state index in [1.807, 2.05) is 6.07 Å². The van der Waals surface area contributed by atoms with Crippen molar-refractivity contribution in [2.75, 3.05) is 52.3 Å². The first-order valence-electron chi connectivity index (χ1n) is 9.76. The molecule has 2 N–H and O–H groups in total. The van der Waals surface area contributed by atoms with E-state index in [1.54, 1.807) is 20.5 Å². The third-order valence-corrected chi connectivity index (χ3v) is 6.17. The van der Waals surface area contributed by atoms with Crippen LogP contribution in [0.4, 0.5) is 5.82 Å². The highest BCUT2D eigenvalue weighted by Gasteiger charge is 2.33. The number of benzene rings is 1. The lowest BCUT2D eigenvalue weighted by Crippen LogP contribution is -2.46. The predicted octanol–water partition coefficient (Wildman–Crippen LogP) is 3.37. The maximum absolute atomic E-state index is 6.59. The zero-order valence-electron chi connectivity index (χ0n) is 16.9. The third-order valence-electron chi connectivity index (χ3n) is 5.37. The van der Waals surface area contributed by atoms with Gasteiger partial charge < -0.3 is 19.8 Å². The lowest BCUT2D eigenvalue weighted by Gasteiger charge is -2.40. The van der Waals surface area contributed by atoms with E-state index in [0.717, 1.165) is 43.1 Å². The van der Waals surface area contributed by atoms with Crippen LogP contribution in [0.25, 0.3) is 11.2 Å². The molecule has 3 aromatic rings. The van der Waals surface area contributed by atoms with E-state index >= 15 is 0 Å². The van der Waals surface area contributed by atoms with Crippen molar-refractivity contribution in [2.24, 2.45) is 0 Å². The molecule has 0 bridgehead atoms. The molecule has 1 saturated heterocycles. The Bertz CT molecular complexity index is 1020. The second-order valence-corrected chi connectivity index (χ2v) is 8.01. The summed E-state index contributed by atoms with van der Waals surface area (Å²) in [4.78, 5) is 18.0. The lowest BCUT2D eigenvalue weighted by molar-refractivity contribution is 0.0934. The normalized spacial score (nSPS) is 14.8. The number of imidazole rings is 1. The summed E-state index contributed by atoms with van der Waals surface area (Å²) in [6, 6.07) is 1.89. The van der Waals surface area contributed by atoms with Gasteiger partial charge in [-0.05, 0) is 18.1 Å². The SMILES string of the molecule is COCCN1CC(c2c(Cl)c(Cl)cc(CCNc3ncnc4[nH]cnc34)c2OC)C1. The molecule has 4 rings (SSSR count). The van der Waals surface area contributed by atoms with Gasteiger partial charge in [0.05, 0.1) is 30.1 Å². The van der Waals surface area contributed by atoms with Crippen LogP contribution in [0.1, 0.15) is 17.0 Å². The molecular formula is C20H24Cl2N6O2. The Hall–Kier alpha value is -2.13. The zero-order chi connectivity index (χ0) is 21.1. The Kier molecular flexibility index (Phi) is 6.58. The van der Waals surface area contributed by atoms with Gasteiger partial charge in [-0.2, -0.15) is 0 Å². The van der Waals surface area contributed by atoms with E-state index in [9.17, 15) is 0 Å². The summed E-state index contributed by atoms with van der Waals surface area (Å²) in [6.45, 7) is 4.09. The molecule has 0 aliphatic carbocycles. The van der Waals surface area contributed by atoms with Crippen LogP contribution >= 0.6 is 23.2 Å². The van der Waals surface area contributed by atoms with Crippen molar-refractivity contribution >= 4 is 40.2 Å². The van der Waals surface area contributed by atoms with Crippen LogP contribution in [0.2, 0.25) is 10.0 Å². The Morgan fingerprint density at radius 1 is 1.23 bits per heavy atom. The monoisotopic (exact) mass is 450 g/mol. The van der Waals surface area contributed by atoms with Gasteiger partial charge in [-0.1, -0.05) is 23.2 Å². The molecule has 10 heteroatoms. The molecule has 0 atom stereocenters. The maximum atomic E-state index is 6.59. The minimum Gasteiger partial charge on any atom is -0.496 e. The second kappa shape index (κ2) is 9.34. The number of aromatic nitrogens is 4. The van der Waals surface area contributed by atoms with Crippen LogP contribution in [-0.4, -0.2) is 71.8 Å². The van der Waals surface area contributed by atoms with E-state index in [-0.39, 0.29) is 0 Å². The van der Waals surface area contributed by atoms with Gasteiger partial charge in [-0.3, -0.25) is 4.90 Å². The predicted molar refractivity (Wildman–Crippen MR) is 118 cm³/mol. The van der Waals surface area contributed by atoms with Crippen molar-refractivity contribution in [1.29, 1.82) is 0 Å². The van der Waals surface area contributed by atoms with Crippen LogP contribution in [0.5, 0.6) is 5.75 Å². The number of hydrogen-bond donors (Lipinski definition) is 2. The number of ether oxygens (including phenoxy) is 2. The average Bonchev–Trinajstić information content (AvgIpc) is 3.20. The van der Waals surface area contributed by atoms with E-state index in [2.05, 4.69) is 30.2 Å². The molecule has 30 heavy (non-hydrogen) atoms. The summed E-state index contributed by atoms with van der Waals surface area (Å²) in [7, 11) is 3.39. The van der Waals surface area contributed by atoms with Crippen molar-refractivity contribution < 1.29 is 9.47 Å². The third kappa shape index (κ3) is 4.18. The fourth-order valence-electron chi connectivity index (χ4n) is 3.84. The Labute approximate surface area is 184 Å². The number of H-pyrrole nitrogens is 1. The van der Waals surface area contributed by atoms with E-state index in [0.29, 0.717) is 45.9 Å². The number of aromatic amines is 1. The molecule has 0 amide bonds. The van der Waals surface area contributed by atoms with Gasteiger partial charge in [-0.25, -0.2) is 15.0 Å². The number of fused-ring (bicyclic) bond motifs is 1. The Balaban J connectivity index is 1.49. The molecular weight excluding hydrogens is 427 g/mol. The second-order valence-electron chi connectivity index (χ2n) is 7.23. The number of halogens is 2. The molecule has 8 nitrogen and oxygen atoms in total. The van der Waals surface area contributed by atoms with Crippen molar-refractivity contribution in [3.63, 3.8) is 0 Å². The molecule has 1 fully saturated rings. The molecule has 160 valence electrons. The van der Waals surface area contributed by atoms with Gasteiger partial charge in [-0.15, -0.1) is 0 Å². The number of hydrogen-bond acceptors (Lipinski definition) is 7. The molecule has 0 radical (unpaired) electrons. The first-order chi connectivity index (χ1) is 14.6. The molecule has 3 heterocycles. The number of rotatable bonds is 9. The highest BCUT2D eigenvalue weighted by Crippen LogP contribution is 2.44. The van der Waals surface area contributed by atoms with Crippen LogP contribution in [0, 0.1) is 0 Å². The van der Waals surface area contributed by atoms with E-state index in [4.69, 9.17) is 32.7 Å². The molecule has 0 unspecified atom stereocenters. The quantitative estimate of drug-likeness (QED) is 0.516. The number of anilines is 1. The number of nitrogens with one attached hydrogen (secondary N) is 2. The van der Waals surface area contributed by atoms with Gasteiger partial charge in [0.1, 0.15) is 17.6 Å². The smallest absolute Gasteiger partial charge is 0.162 e. The van der Waals surface area contributed by atoms with Gasteiger partial charge in [0.2, 0.25) is 0 Å². The minimum absolute atomic E-state index is 0.292. The molecule has 1 aliphatic heterocycles. The van der Waals surface area contributed by atoms with Crippen molar-refractivity contribution in [3.05, 3.63) is 39.9 Å². The highest BCUT2D eigenvalue weighted by atomic mass is 35.5.